The quantitative estimate of drug-likeness (QED) is 0.249. The van der Waals surface area contributed by atoms with Gasteiger partial charge in [0.25, 0.3) is 0 Å². The minimum atomic E-state index is -0.0520. The minimum absolute atomic E-state index is 0.0265. The molecular formula is C29H32N2O4. The lowest BCUT2D eigenvalue weighted by atomic mass is 9.99. The van der Waals surface area contributed by atoms with E-state index in [4.69, 9.17) is 9.84 Å². The van der Waals surface area contributed by atoms with Crippen LogP contribution in [0.4, 0.5) is 0 Å². The average molecular weight is 473 g/mol. The summed E-state index contributed by atoms with van der Waals surface area (Å²) in [5.74, 6) is 6.81. The fourth-order valence-electron chi connectivity index (χ4n) is 3.46. The zero-order valence-corrected chi connectivity index (χ0v) is 20.5. The van der Waals surface area contributed by atoms with Crippen LogP contribution in [-0.2, 0) is 6.42 Å². The summed E-state index contributed by atoms with van der Waals surface area (Å²) in [6, 6.07) is 20.1. The second-order valence-corrected chi connectivity index (χ2v) is 7.64. The maximum absolute atomic E-state index is 13.3. The number of ketones is 1. The molecule has 0 unspecified atom stereocenters. The lowest BCUT2D eigenvalue weighted by Crippen LogP contribution is -2.11. The molecule has 0 aliphatic carbocycles. The fourth-order valence-corrected chi connectivity index (χ4v) is 3.46. The summed E-state index contributed by atoms with van der Waals surface area (Å²) in [4.78, 5) is 16.5. The third kappa shape index (κ3) is 7.47. The molecular weight excluding hydrogens is 440 g/mol. The molecule has 0 saturated carbocycles. The molecule has 1 aromatic heterocycles. The average Bonchev–Trinajstić information content (AvgIpc) is 3.28. The number of aliphatic hydroxyl groups excluding tert-OH is 1. The standard InChI is InChI=1S/C27H23NO3.CH5N.CH4O/c1-18(2)31-27-13-12-20(11-10-19-6-5-7-22(29)14-19)15-24(27)26(30)16-21-17-28-25-9-4-3-8-23(21)25;2*1-2/h3-9,12-15,17-18,28-29H,16H2,1-2H3;2H2,1H3;2H,1H3. The van der Waals surface area contributed by atoms with Gasteiger partial charge in [0.2, 0.25) is 0 Å². The Kier molecular flexibility index (Phi) is 10.6. The Morgan fingerprint density at radius 3 is 2.34 bits per heavy atom. The molecule has 0 saturated heterocycles. The number of hydrogen-bond donors (Lipinski definition) is 4. The van der Waals surface area contributed by atoms with E-state index in [0.717, 1.165) is 23.6 Å². The summed E-state index contributed by atoms with van der Waals surface area (Å²) in [5, 5.41) is 17.7. The molecule has 1 heterocycles. The van der Waals surface area contributed by atoms with Crippen LogP contribution in [0.15, 0.2) is 72.9 Å². The van der Waals surface area contributed by atoms with E-state index >= 15 is 0 Å². The lowest BCUT2D eigenvalue weighted by Gasteiger charge is -2.14. The van der Waals surface area contributed by atoms with Crippen LogP contribution in [-0.4, -0.2) is 41.2 Å². The van der Waals surface area contributed by atoms with Gasteiger partial charge in [0.1, 0.15) is 11.5 Å². The van der Waals surface area contributed by atoms with Gasteiger partial charge in [0.05, 0.1) is 11.7 Å². The van der Waals surface area contributed by atoms with E-state index in [0.29, 0.717) is 22.4 Å². The zero-order valence-electron chi connectivity index (χ0n) is 20.5. The molecule has 0 spiro atoms. The molecule has 6 nitrogen and oxygen atoms in total. The van der Waals surface area contributed by atoms with Crippen molar-refractivity contribution in [2.75, 3.05) is 14.2 Å². The van der Waals surface area contributed by atoms with Crippen LogP contribution < -0.4 is 10.5 Å². The van der Waals surface area contributed by atoms with Crippen molar-refractivity contribution in [3.63, 3.8) is 0 Å². The van der Waals surface area contributed by atoms with Crippen LogP contribution in [0, 0.1) is 11.8 Å². The normalized spacial score (nSPS) is 9.80. The largest absolute Gasteiger partial charge is 0.508 e. The SMILES string of the molecule is CC(C)Oc1ccc(C#Cc2cccc(O)c2)cc1C(=O)Cc1c[nH]c2ccccc12.CN.CO. The smallest absolute Gasteiger partial charge is 0.171 e. The summed E-state index contributed by atoms with van der Waals surface area (Å²) in [6.45, 7) is 3.87. The second kappa shape index (κ2) is 13.6. The van der Waals surface area contributed by atoms with Crippen LogP contribution in [0.5, 0.6) is 11.5 Å². The van der Waals surface area contributed by atoms with Crippen LogP contribution in [0.25, 0.3) is 10.9 Å². The topological polar surface area (TPSA) is 109 Å². The highest BCUT2D eigenvalue weighted by molar-refractivity contribution is 6.02. The monoisotopic (exact) mass is 472 g/mol. The van der Waals surface area contributed by atoms with E-state index < -0.39 is 0 Å². The van der Waals surface area contributed by atoms with E-state index in [2.05, 4.69) is 22.6 Å². The van der Waals surface area contributed by atoms with Crippen molar-refractivity contribution < 1.29 is 19.7 Å². The molecule has 0 bridgehead atoms. The number of fused-ring (bicyclic) bond motifs is 1. The van der Waals surface area contributed by atoms with E-state index in [1.807, 2.05) is 56.4 Å². The lowest BCUT2D eigenvalue weighted by molar-refractivity contribution is 0.0987. The van der Waals surface area contributed by atoms with Gasteiger partial charge in [-0.3, -0.25) is 4.79 Å². The van der Waals surface area contributed by atoms with Crippen molar-refractivity contribution in [2.45, 2.75) is 26.4 Å². The summed E-state index contributed by atoms with van der Waals surface area (Å²) in [6.07, 6.45) is 2.10. The summed E-state index contributed by atoms with van der Waals surface area (Å²) >= 11 is 0. The zero-order chi connectivity index (χ0) is 25.8. The predicted octanol–water partition coefficient (Wildman–Crippen LogP) is 4.67. The van der Waals surface area contributed by atoms with Gasteiger partial charge in [0, 0.05) is 41.8 Å². The van der Waals surface area contributed by atoms with Crippen LogP contribution in [0.2, 0.25) is 0 Å². The van der Waals surface area contributed by atoms with E-state index in [1.165, 1.54) is 7.05 Å². The van der Waals surface area contributed by atoms with Crippen LogP contribution in [0.3, 0.4) is 0 Å². The number of Topliss-reactive ketones (excluding diaryl/α,β-unsaturated/α-hetero) is 1. The Hall–Kier alpha value is -4.05. The Morgan fingerprint density at radius 2 is 1.66 bits per heavy atom. The van der Waals surface area contributed by atoms with Crippen LogP contribution >= 0.6 is 0 Å². The number of nitrogens with one attached hydrogen (secondary N) is 1. The Labute approximate surface area is 206 Å². The first-order chi connectivity index (χ1) is 17.0. The number of aromatic amines is 1. The third-order valence-corrected chi connectivity index (χ3v) is 4.87. The number of para-hydroxylation sites is 1. The number of benzene rings is 3. The molecule has 0 fully saturated rings. The maximum Gasteiger partial charge on any atom is 0.171 e. The van der Waals surface area contributed by atoms with Gasteiger partial charge < -0.3 is 25.7 Å². The molecule has 0 radical (unpaired) electrons. The molecule has 0 amide bonds. The number of hydrogen-bond acceptors (Lipinski definition) is 5. The van der Waals surface area contributed by atoms with E-state index in [9.17, 15) is 9.90 Å². The molecule has 4 rings (SSSR count). The first-order valence-corrected chi connectivity index (χ1v) is 11.2. The van der Waals surface area contributed by atoms with E-state index in [-0.39, 0.29) is 24.1 Å². The number of carbonyl (C=O) groups is 1. The molecule has 0 atom stereocenters. The Balaban J connectivity index is 0.00000103. The molecule has 6 heteroatoms. The van der Waals surface area contributed by atoms with Gasteiger partial charge in [0.15, 0.2) is 5.78 Å². The first-order valence-electron chi connectivity index (χ1n) is 11.2. The van der Waals surface area contributed by atoms with Gasteiger partial charge in [-0.2, -0.15) is 0 Å². The maximum atomic E-state index is 13.3. The highest BCUT2D eigenvalue weighted by Gasteiger charge is 2.17. The van der Waals surface area contributed by atoms with Crippen molar-refractivity contribution in [1.29, 1.82) is 0 Å². The van der Waals surface area contributed by atoms with Gasteiger partial charge in [-0.05, 0) is 68.9 Å². The molecule has 4 aromatic rings. The molecule has 35 heavy (non-hydrogen) atoms. The number of ether oxygens (including phenoxy) is 1. The highest BCUT2D eigenvalue weighted by atomic mass is 16.5. The fraction of sp³-hybridized carbons (Fsp3) is 0.207. The molecule has 0 aliphatic rings. The van der Waals surface area contributed by atoms with Crippen molar-refractivity contribution >= 4 is 16.7 Å². The number of aromatic hydroxyl groups is 1. The van der Waals surface area contributed by atoms with Gasteiger partial charge >= 0.3 is 0 Å². The molecule has 3 aromatic carbocycles. The molecule has 182 valence electrons. The number of phenols is 1. The Bertz CT molecular complexity index is 1310. The number of aromatic nitrogens is 1. The molecule has 0 aliphatic heterocycles. The summed E-state index contributed by atoms with van der Waals surface area (Å²) in [5.41, 5.74) is 8.39. The number of nitrogens with two attached hydrogens (primary N) is 1. The third-order valence-electron chi connectivity index (χ3n) is 4.87. The van der Waals surface area contributed by atoms with Crippen molar-refractivity contribution in [1.82, 2.24) is 4.98 Å². The predicted molar refractivity (Wildman–Crippen MR) is 141 cm³/mol. The number of rotatable bonds is 5. The van der Waals surface area contributed by atoms with Crippen molar-refractivity contribution in [2.24, 2.45) is 5.73 Å². The summed E-state index contributed by atoms with van der Waals surface area (Å²) in [7, 11) is 2.50. The molecule has 5 N–H and O–H groups in total. The number of H-pyrrole nitrogens is 1. The van der Waals surface area contributed by atoms with Crippen molar-refractivity contribution in [3.8, 4) is 23.3 Å². The highest BCUT2D eigenvalue weighted by Crippen LogP contribution is 2.25. The number of aliphatic hydroxyl groups is 1. The van der Waals surface area contributed by atoms with Crippen LogP contribution in [0.1, 0.15) is 40.9 Å². The second-order valence-electron chi connectivity index (χ2n) is 7.64. The van der Waals surface area contributed by atoms with Gasteiger partial charge in [-0.25, -0.2) is 0 Å². The van der Waals surface area contributed by atoms with Crippen molar-refractivity contribution in [3.05, 3.63) is 95.2 Å². The minimum Gasteiger partial charge on any atom is -0.508 e. The van der Waals surface area contributed by atoms with E-state index in [1.54, 1.807) is 30.3 Å². The van der Waals surface area contributed by atoms with Gasteiger partial charge in [-0.1, -0.05) is 36.1 Å². The number of carbonyl (C=O) groups excluding carboxylic acids is 1. The van der Waals surface area contributed by atoms with Gasteiger partial charge in [-0.15, -0.1) is 0 Å². The Morgan fingerprint density at radius 1 is 0.971 bits per heavy atom. The first kappa shape index (κ1) is 27.2. The summed E-state index contributed by atoms with van der Waals surface area (Å²) < 4.78 is 5.90. The number of phenolic OH excluding ortho intramolecular Hbond substituents is 1.